The number of halogens is 1. The Morgan fingerprint density at radius 1 is 1.22 bits per heavy atom. The second-order valence-corrected chi connectivity index (χ2v) is 7.74. The van der Waals surface area contributed by atoms with Crippen LogP contribution in [0, 0.1) is 0 Å². The molecule has 2 aromatic heterocycles. The highest BCUT2D eigenvalue weighted by molar-refractivity contribution is 7.89. The van der Waals surface area contributed by atoms with E-state index in [9.17, 15) is 8.42 Å². The fourth-order valence-corrected chi connectivity index (χ4v) is 3.66. The molecule has 3 aromatic rings. The van der Waals surface area contributed by atoms with Gasteiger partial charge in [-0.2, -0.15) is 4.98 Å². The highest BCUT2D eigenvalue weighted by Gasteiger charge is 2.14. The van der Waals surface area contributed by atoms with Crippen LogP contribution in [0.2, 0.25) is 5.02 Å². The van der Waals surface area contributed by atoms with E-state index in [0.717, 1.165) is 4.88 Å². The van der Waals surface area contributed by atoms with Crippen LogP contribution in [-0.2, 0) is 16.4 Å². The Labute approximate surface area is 142 Å². The molecule has 0 aliphatic rings. The molecule has 0 atom stereocenters. The van der Waals surface area contributed by atoms with Crippen molar-refractivity contribution in [1.29, 1.82) is 0 Å². The molecule has 1 aromatic carbocycles. The van der Waals surface area contributed by atoms with Crippen LogP contribution >= 0.6 is 22.9 Å². The Morgan fingerprint density at radius 3 is 2.70 bits per heavy atom. The van der Waals surface area contributed by atoms with Crippen molar-refractivity contribution in [3.05, 3.63) is 52.7 Å². The first-order valence-corrected chi connectivity index (χ1v) is 9.40. The topological polar surface area (TPSA) is 85.1 Å². The van der Waals surface area contributed by atoms with E-state index in [2.05, 4.69) is 14.9 Å². The van der Waals surface area contributed by atoms with Gasteiger partial charge in [0.25, 0.3) is 0 Å². The van der Waals surface area contributed by atoms with Crippen LogP contribution in [0.5, 0.6) is 0 Å². The minimum absolute atomic E-state index is 0.159. The molecule has 0 saturated heterocycles. The van der Waals surface area contributed by atoms with Gasteiger partial charge in [-0.15, -0.1) is 11.3 Å². The van der Waals surface area contributed by atoms with E-state index in [1.165, 1.54) is 35.6 Å². The van der Waals surface area contributed by atoms with Crippen molar-refractivity contribution < 1.29 is 12.9 Å². The number of nitrogens with zero attached hydrogens (tertiary/aromatic N) is 2. The van der Waals surface area contributed by atoms with Crippen LogP contribution in [0.25, 0.3) is 10.7 Å². The van der Waals surface area contributed by atoms with Crippen molar-refractivity contribution in [2.45, 2.75) is 11.3 Å². The van der Waals surface area contributed by atoms with Gasteiger partial charge in [-0.1, -0.05) is 22.8 Å². The van der Waals surface area contributed by atoms with Crippen molar-refractivity contribution in [2.24, 2.45) is 0 Å². The third-order valence-electron chi connectivity index (χ3n) is 2.96. The van der Waals surface area contributed by atoms with Gasteiger partial charge in [0.2, 0.25) is 21.7 Å². The Bertz CT molecular complexity index is 874. The minimum Gasteiger partial charge on any atom is -0.339 e. The molecule has 0 unspecified atom stereocenters. The van der Waals surface area contributed by atoms with E-state index < -0.39 is 10.0 Å². The van der Waals surface area contributed by atoms with E-state index >= 15 is 0 Å². The molecule has 6 nitrogen and oxygen atoms in total. The third kappa shape index (κ3) is 3.97. The van der Waals surface area contributed by atoms with Gasteiger partial charge < -0.3 is 4.52 Å². The molecule has 2 heterocycles. The molecule has 0 fully saturated rings. The third-order valence-corrected chi connectivity index (χ3v) is 5.56. The zero-order valence-corrected chi connectivity index (χ0v) is 14.2. The van der Waals surface area contributed by atoms with E-state index in [1.54, 1.807) is 0 Å². The van der Waals surface area contributed by atoms with Crippen molar-refractivity contribution in [1.82, 2.24) is 14.9 Å². The molecule has 0 amide bonds. The molecule has 0 aliphatic carbocycles. The van der Waals surface area contributed by atoms with E-state index in [1.807, 2.05) is 17.5 Å². The van der Waals surface area contributed by atoms with Crippen molar-refractivity contribution in [3.8, 4) is 10.7 Å². The molecule has 0 spiro atoms. The summed E-state index contributed by atoms with van der Waals surface area (Å²) in [4.78, 5) is 5.30. The molecule has 0 radical (unpaired) electrons. The number of nitrogens with one attached hydrogen (secondary N) is 1. The van der Waals surface area contributed by atoms with Gasteiger partial charge in [0.15, 0.2) is 0 Å². The zero-order valence-electron chi connectivity index (χ0n) is 11.8. The first-order valence-electron chi connectivity index (χ1n) is 6.66. The summed E-state index contributed by atoms with van der Waals surface area (Å²) >= 11 is 7.26. The van der Waals surface area contributed by atoms with Crippen LogP contribution in [0.4, 0.5) is 0 Å². The van der Waals surface area contributed by atoms with E-state index in [4.69, 9.17) is 16.1 Å². The molecular weight excluding hydrogens is 358 g/mol. The van der Waals surface area contributed by atoms with Crippen LogP contribution in [0.1, 0.15) is 5.89 Å². The van der Waals surface area contributed by atoms with Gasteiger partial charge in [-0.3, -0.25) is 0 Å². The summed E-state index contributed by atoms with van der Waals surface area (Å²) in [7, 11) is -3.58. The highest BCUT2D eigenvalue weighted by atomic mass is 35.5. The smallest absolute Gasteiger partial charge is 0.240 e. The number of hydrogen-bond acceptors (Lipinski definition) is 6. The largest absolute Gasteiger partial charge is 0.339 e. The van der Waals surface area contributed by atoms with Crippen molar-refractivity contribution in [3.63, 3.8) is 0 Å². The molecule has 3 rings (SSSR count). The number of sulfonamides is 1. The lowest BCUT2D eigenvalue weighted by Gasteiger charge is -2.05. The maximum absolute atomic E-state index is 12.1. The average molecular weight is 370 g/mol. The Hall–Kier alpha value is -1.74. The summed E-state index contributed by atoms with van der Waals surface area (Å²) in [5.41, 5.74) is 0. The first kappa shape index (κ1) is 16.1. The van der Waals surface area contributed by atoms with Crippen LogP contribution in [-0.4, -0.2) is 25.1 Å². The van der Waals surface area contributed by atoms with Crippen LogP contribution in [0.15, 0.2) is 51.2 Å². The van der Waals surface area contributed by atoms with Crippen LogP contribution in [0.3, 0.4) is 0 Å². The lowest BCUT2D eigenvalue weighted by atomic mass is 10.4. The number of thiophene rings is 1. The maximum atomic E-state index is 12.1. The summed E-state index contributed by atoms with van der Waals surface area (Å²) in [6.07, 6.45) is 0.311. The average Bonchev–Trinajstić information content (AvgIpc) is 3.18. The fourth-order valence-electron chi connectivity index (χ4n) is 1.85. The Kier molecular flexibility index (Phi) is 4.76. The summed E-state index contributed by atoms with van der Waals surface area (Å²) in [6, 6.07) is 9.75. The maximum Gasteiger partial charge on any atom is 0.240 e. The molecule has 9 heteroatoms. The monoisotopic (exact) mass is 369 g/mol. The van der Waals surface area contributed by atoms with Gasteiger partial charge in [-0.25, -0.2) is 13.1 Å². The van der Waals surface area contributed by atoms with Gasteiger partial charge in [0.1, 0.15) is 0 Å². The van der Waals surface area contributed by atoms with Gasteiger partial charge in [0, 0.05) is 18.0 Å². The van der Waals surface area contributed by atoms with E-state index in [-0.39, 0.29) is 11.4 Å². The molecule has 0 saturated carbocycles. The lowest BCUT2D eigenvalue weighted by molar-refractivity contribution is 0.379. The number of rotatable bonds is 6. The van der Waals surface area contributed by atoms with Gasteiger partial charge >= 0.3 is 0 Å². The molecule has 23 heavy (non-hydrogen) atoms. The van der Waals surface area contributed by atoms with Crippen LogP contribution < -0.4 is 4.72 Å². The highest BCUT2D eigenvalue weighted by Crippen LogP contribution is 2.21. The van der Waals surface area contributed by atoms with E-state index in [0.29, 0.717) is 23.2 Å². The fraction of sp³-hybridized carbons (Fsp3) is 0.143. The number of aromatic nitrogens is 2. The number of benzene rings is 1. The summed E-state index contributed by atoms with van der Waals surface area (Å²) in [6.45, 7) is 0.164. The molecule has 0 bridgehead atoms. The minimum atomic E-state index is -3.58. The normalized spacial score (nSPS) is 11.7. The van der Waals surface area contributed by atoms with Gasteiger partial charge in [-0.05, 0) is 35.7 Å². The lowest BCUT2D eigenvalue weighted by Crippen LogP contribution is -2.26. The standard InChI is InChI=1S/C14H12ClN3O3S2/c15-10-3-5-11(6-4-10)23(19,20)16-8-7-13-17-14(18-21-13)12-2-1-9-22-12/h1-6,9,16H,7-8H2. The SMILES string of the molecule is O=S(=O)(NCCc1nc(-c2cccs2)no1)c1ccc(Cl)cc1. The first-order chi connectivity index (χ1) is 11.0. The summed E-state index contributed by atoms with van der Waals surface area (Å²) < 4.78 is 31.8. The quantitative estimate of drug-likeness (QED) is 0.722. The summed E-state index contributed by atoms with van der Waals surface area (Å²) in [5, 5.41) is 6.28. The predicted octanol–water partition coefficient (Wildman–Crippen LogP) is 2.97. The van der Waals surface area contributed by atoms with Gasteiger partial charge in [0.05, 0.1) is 9.77 Å². The molecular formula is C14H12ClN3O3S2. The van der Waals surface area contributed by atoms with Crippen molar-refractivity contribution in [2.75, 3.05) is 6.54 Å². The predicted molar refractivity (Wildman–Crippen MR) is 88.0 cm³/mol. The van der Waals surface area contributed by atoms with Crippen molar-refractivity contribution >= 4 is 33.0 Å². The molecule has 1 N–H and O–H groups in total. The Morgan fingerprint density at radius 2 is 2.00 bits per heavy atom. The number of hydrogen-bond donors (Lipinski definition) is 1. The second kappa shape index (κ2) is 6.79. The molecule has 0 aliphatic heterocycles. The second-order valence-electron chi connectivity index (χ2n) is 4.59. The Balaban J connectivity index is 1.60. The zero-order chi connectivity index (χ0) is 16.3. The molecule has 120 valence electrons. The summed E-state index contributed by atoms with van der Waals surface area (Å²) in [5.74, 6) is 0.891.